The van der Waals surface area contributed by atoms with Gasteiger partial charge in [-0.3, -0.25) is 4.72 Å². The first kappa shape index (κ1) is 18.5. The van der Waals surface area contributed by atoms with Gasteiger partial charge in [0.25, 0.3) is 10.0 Å². The summed E-state index contributed by atoms with van der Waals surface area (Å²) >= 11 is 0. The topological polar surface area (TPSA) is 74.9 Å². The smallest absolute Gasteiger partial charge is 0.322 e. The Hall–Kier alpha value is -3.25. The summed E-state index contributed by atoms with van der Waals surface area (Å²) in [5.74, 6) is 0. The van der Waals surface area contributed by atoms with Crippen LogP contribution in [-0.2, 0) is 16.2 Å². The third-order valence-corrected chi connectivity index (χ3v) is 5.09. The molecule has 1 N–H and O–H groups in total. The number of anilines is 1. The molecular formula is C18H12F3N3O2S. The van der Waals surface area contributed by atoms with Gasteiger partial charge < -0.3 is 4.57 Å². The minimum Gasteiger partial charge on any atom is -0.322 e. The predicted octanol–water partition coefficient (Wildman–Crippen LogP) is 4.17. The lowest BCUT2D eigenvalue weighted by atomic mass is 10.1. The van der Waals surface area contributed by atoms with Crippen molar-refractivity contribution in [2.24, 2.45) is 0 Å². The molecule has 0 saturated carbocycles. The van der Waals surface area contributed by atoms with Gasteiger partial charge in [0.05, 0.1) is 33.5 Å². The zero-order valence-corrected chi connectivity index (χ0v) is 14.4. The zero-order valence-electron chi connectivity index (χ0n) is 13.6. The SMILES string of the molecule is N#Cc1cccc(S(=O)(=O)Nc2cc(C(F)(F)F)ccc2-n2cccc2)c1. The van der Waals surface area contributed by atoms with Gasteiger partial charge in [0, 0.05) is 12.4 Å². The van der Waals surface area contributed by atoms with E-state index in [4.69, 9.17) is 5.26 Å². The molecule has 0 saturated heterocycles. The van der Waals surface area contributed by atoms with E-state index in [0.29, 0.717) is 0 Å². The van der Waals surface area contributed by atoms with E-state index in [9.17, 15) is 21.6 Å². The van der Waals surface area contributed by atoms with Crippen molar-refractivity contribution in [3.05, 3.63) is 78.1 Å². The number of nitrogens with one attached hydrogen (secondary N) is 1. The Bertz CT molecular complexity index is 1120. The van der Waals surface area contributed by atoms with Crippen LogP contribution in [0.5, 0.6) is 0 Å². The van der Waals surface area contributed by atoms with Crippen LogP contribution in [0.4, 0.5) is 18.9 Å². The van der Waals surface area contributed by atoms with E-state index in [1.54, 1.807) is 24.5 Å². The fourth-order valence-electron chi connectivity index (χ4n) is 2.45. The first-order valence-corrected chi connectivity index (χ1v) is 9.06. The first-order valence-electron chi connectivity index (χ1n) is 7.58. The summed E-state index contributed by atoms with van der Waals surface area (Å²) in [5, 5.41) is 8.92. The summed E-state index contributed by atoms with van der Waals surface area (Å²) in [6, 6.07) is 13.1. The molecule has 0 atom stereocenters. The molecular weight excluding hydrogens is 379 g/mol. The minimum absolute atomic E-state index is 0.118. The molecule has 9 heteroatoms. The highest BCUT2D eigenvalue weighted by Gasteiger charge is 2.31. The third kappa shape index (κ3) is 3.96. The molecule has 0 spiro atoms. The van der Waals surface area contributed by atoms with Gasteiger partial charge in [-0.1, -0.05) is 6.07 Å². The quantitative estimate of drug-likeness (QED) is 0.725. The van der Waals surface area contributed by atoms with Crippen LogP contribution in [0.3, 0.4) is 0 Å². The first-order chi connectivity index (χ1) is 12.7. The predicted molar refractivity (Wildman–Crippen MR) is 92.7 cm³/mol. The fourth-order valence-corrected chi connectivity index (χ4v) is 3.56. The largest absolute Gasteiger partial charge is 0.416 e. The Morgan fingerprint density at radius 2 is 1.70 bits per heavy atom. The molecule has 0 aliphatic heterocycles. The van der Waals surface area contributed by atoms with Crippen LogP contribution >= 0.6 is 0 Å². The van der Waals surface area contributed by atoms with Gasteiger partial charge in [-0.2, -0.15) is 18.4 Å². The van der Waals surface area contributed by atoms with Crippen molar-refractivity contribution in [2.75, 3.05) is 4.72 Å². The Morgan fingerprint density at radius 1 is 1.00 bits per heavy atom. The maximum absolute atomic E-state index is 13.1. The van der Waals surface area contributed by atoms with Crippen molar-refractivity contribution >= 4 is 15.7 Å². The molecule has 0 fully saturated rings. The van der Waals surface area contributed by atoms with E-state index >= 15 is 0 Å². The molecule has 1 aromatic heterocycles. The van der Waals surface area contributed by atoms with Crippen LogP contribution in [0.15, 0.2) is 71.9 Å². The Balaban J connectivity index is 2.10. The minimum atomic E-state index is -4.63. The maximum atomic E-state index is 13.1. The molecule has 0 amide bonds. The average molecular weight is 391 g/mol. The summed E-state index contributed by atoms with van der Waals surface area (Å²) < 4.78 is 68.2. The van der Waals surface area contributed by atoms with Crippen LogP contribution in [-0.4, -0.2) is 13.0 Å². The number of hydrogen-bond acceptors (Lipinski definition) is 3. The molecule has 5 nitrogen and oxygen atoms in total. The number of alkyl halides is 3. The summed E-state index contributed by atoms with van der Waals surface area (Å²) in [6.07, 6.45) is -1.47. The summed E-state index contributed by atoms with van der Waals surface area (Å²) in [6.45, 7) is 0. The molecule has 3 aromatic rings. The second-order valence-electron chi connectivity index (χ2n) is 5.57. The van der Waals surface area contributed by atoms with Gasteiger partial charge >= 0.3 is 6.18 Å². The van der Waals surface area contributed by atoms with E-state index in [1.807, 2.05) is 6.07 Å². The second kappa shape index (κ2) is 6.81. The molecule has 2 aromatic carbocycles. The van der Waals surface area contributed by atoms with Crippen LogP contribution in [0.25, 0.3) is 5.69 Å². The second-order valence-corrected chi connectivity index (χ2v) is 7.25. The number of benzene rings is 2. The van der Waals surface area contributed by atoms with E-state index in [1.165, 1.54) is 28.8 Å². The molecule has 0 aliphatic carbocycles. The molecule has 27 heavy (non-hydrogen) atoms. The highest BCUT2D eigenvalue weighted by atomic mass is 32.2. The highest BCUT2D eigenvalue weighted by molar-refractivity contribution is 7.92. The van der Waals surface area contributed by atoms with E-state index in [0.717, 1.165) is 18.2 Å². The monoisotopic (exact) mass is 391 g/mol. The number of hydrogen-bond donors (Lipinski definition) is 1. The fraction of sp³-hybridized carbons (Fsp3) is 0.0556. The maximum Gasteiger partial charge on any atom is 0.416 e. The van der Waals surface area contributed by atoms with Crippen LogP contribution in [0.1, 0.15) is 11.1 Å². The van der Waals surface area contributed by atoms with Crippen LogP contribution in [0.2, 0.25) is 0 Å². The Labute approximate surface area is 153 Å². The summed E-state index contributed by atoms with van der Waals surface area (Å²) in [7, 11) is -4.20. The molecule has 3 rings (SSSR count). The lowest BCUT2D eigenvalue weighted by Gasteiger charge is -2.16. The standard InChI is InChI=1S/C18H12F3N3O2S/c19-18(20,21)14-6-7-17(24-8-1-2-9-24)16(11-14)23-27(25,26)15-5-3-4-13(10-15)12-22/h1-11,23H. The zero-order chi connectivity index (χ0) is 19.7. The highest BCUT2D eigenvalue weighted by Crippen LogP contribution is 2.34. The molecule has 1 heterocycles. The molecule has 0 aliphatic rings. The summed E-state index contributed by atoms with van der Waals surface area (Å²) in [4.78, 5) is -0.225. The number of sulfonamides is 1. The number of nitriles is 1. The number of rotatable bonds is 4. The molecule has 0 radical (unpaired) electrons. The van der Waals surface area contributed by atoms with Crippen molar-refractivity contribution in [1.82, 2.24) is 4.57 Å². The lowest BCUT2D eigenvalue weighted by Crippen LogP contribution is -2.16. The van der Waals surface area contributed by atoms with Crippen LogP contribution in [0, 0.1) is 11.3 Å². The third-order valence-electron chi connectivity index (χ3n) is 3.72. The van der Waals surface area contributed by atoms with Gasteiger partial charge in [-0.05, 0) is 48.5 Å². The Kier molecular flexibility index (Phi) is 4.68. The van der Waals surface area contributed by atoms with Gasteiger partial charge in [0.15, 0.2) is 0 Å². The molecule has 138 valence electrons. The summed E-state index contributed by atoms with van der Waals surface area (Å²) in [5.41, 5.74) is -0.870. The van der Waals surface area contributed by atoms with E-state index in [-0.39, 0.29) is 21.8 Å². The molecule has 0 unspecified atom stereocenters. The van der Waals surface area contributed by atoms with Crippen molar-refractivity contribution in [3.63, 3.8) is 0 Å². The van der Waals surface area contributed by atoms with Crippen molar-refractivity contribution < 1.29 is 21.6 Å². The Morgan fingerprint density at radius 3 is 2.33 bits per heavy atom. The normalized spacial score (nSPS) is 11.8. The van der Waals surface area contributed by atoms with Crippen molar-refractivity contribution in [2.45, 2.75) is 11.1 Å². The van der Waals surface area contributed by atoms with Crippen LogP contribution < -0.4 is 4.72 Å². The average Bonchev–Trinajstić information content (AvgIpc) is 3.15. The molecule has 0 bridgehead atoms. The van der Waals surface area contributed by atoms with Gasteiger partial charge in [-0.15, -0.1) is 0 Å². The number of halogens is 3. The van der Waals surface area contributed by atoms with E-state index < -0.39 is 21.8 Å². The number of nitrogens with zero attached hydrogens (tertiary/aromatic N) is 2. The number of aromatic nitrogens is 1. The lowest BCUT2D eigenvalue weighted by molar-refractivity contribution is -0.137. The van der Waals surface area contributed by atoms with Gasteiger partial charge in [0.1, 0.15) is 0 Å². The van der Waals surface area contributed by atoms with Gasteiger partial charge in [-0.25, -0.2) is 8.42 Å². The van der Waals surface area contributed by atoms with Crippen molar-refractivity contribution in [1.29, 1.82) is 5.26 Å². The van der Waals surface area contributed by atoms with Crippen molar-refractivity contribution in [3.8, 4) is 11.8 Å². The van der Waals surface area contributed by atoms with Gasteiger partial charge in [0.2, 0.25) is 0 Å². The van der Waals surface area contributed by atoms with E-state index in [2.05, 4.69) is 4.72 Å².